The summed E-state index contributed by atoms with van der Waals surface area (Å²) < 4.78 is 41.3. The Labute approximate surface area is 130 Å². The normalized spacial score (nSPS) is 12.5. The molecule has 0 bridgehead atoms. The predicted molar refractivity (Wildman–Crippen MR) is 80.8 cm³/mol. The fourth-order valence-electron chi connectivity index (χ4n) is 2.51. The second kappa shape index (κ2) is 6.20. The number of halogens is 4. The van der Waals surface area contributed by atoms with E-state index in [0.717, 1.165) is 17.2 Å². The van der Waals surface area contributed by atoms with Crippen LogP contribution in [0.3, 0.4) is 0 Å². The van der Waals surface area contributed by atoms with Gasteiger partial charge in [0.1, 0.15) is 5.82 Å². The maximum Gasteiger partial charge on any atom is 0.173 e. The topological polar surface area (TPSA) is 12.0 Å². The van der Waals surface area contributed by atoms with Crippen LogP contribution in [-0.2, 0) is 0 Å². The largest absolute Gasteiger partial charge is 0.309 e. The number of hydrogen-bond donors (Lipinski definition) is 1. The van der Waals surface area contributed by atoms with E-state index in [-0.39, 0.29) is 10.3 Å². The average Bonchev–Trinajstić information content (AvgIpc) is 2.41. The fourth-order valence-corrected chi connectivity index (χ4v) is 3.06. The monoisotopic (exact) mass is 357 g/mol. The van der Waals surface area contributed by atoms with Gasteiger partial charge in [0.25, 0.3) is 0 Å². The fraction of sp³-hybridized carbons (Fsp3) is 0.250. The summed E-state index contributed by atoms with van der Waals surface area (Å²) in [6.45, 7) is 3.60. The van der Waals surface area contributed by atoms with Gasteiger partial charge in [0.05, 0.1) is 10.5 Å². The Kier molecular flexibility index (Phi) is 4.74. The smallest absolute Gasteiger partial charge is 0.173 e. The molecule has 0 heterocycles. The molecule has 0 aliphatic carbocycles. The maximum atomic E-state index is 14.3. The third-order valence-corrected chi connectivity index (χ3v) is 4.24. The third kappa shape index (κ3) is 2.99. The quantitative estimate of drug-likeness (QED) is 0.778. The minimum atomic E-state index is -0.974. The lowest BCUT2D eigenvalue weighted by molar-refractivity contribution is 0.498. The van der Waals surface area contributed by atoms with Gasteiger partial charge in [0.2, 0.25) is 0 Å². The molecule has 0 saturated carbocycles. The Balaban J connectivity index is 2.64. The summed E-state index contributed by atoms with van der Waals surface area (Å²) in [5, 5.41) is 2.96. The van der Waals surface area contributed by atoms with Crippen LogP contribution in [-0.4, -0.2) is 7.05 Å². The molecule has 0 saturated heterocycles. The van der Waals surface area contributed by atoms with Crippen molar-refractivity contribution in [2.75, 3.05) is 7.05 Å². The molecule has 1 atom stereocenters. The van der Waals surface area contributed by atoms with Crippen molar-refractivity contribution in [1.29, 1.82) is 0 Å². The van der Waals surface area contributed by atoms with Crippen molar-refractivity contribution in [1.82, 2.24) is 5.32 Å². The molecule has 1 nitrogen and oxygen atoms in total. The van der Waals surface area contributed by atoms with Crippen molar-refractivity contribution in [3.63, 3.8) is 0 Å². The van der Waals surface area contributed by atoms with Crippen molar-refractivity contribution < 1.29 is 13.2 Å². The molecule has 0 spiro atoms. The lowest BCUT2D eigenvalue weighted by Crippen LogP contribution is -2.21. The van der Waals surface area contributed by atoms with E-state index in [0.29, 0.717) is 11.1 Å². The summed E-state index contributed by atoms with van der Waals surface area (Å²) in [4.78, 5) is 0. The van der Waals surface area contributed by atoms with E-state index < -0.39 is 17.7 Å². The van der Waals surface area contributed by atoms with Crippen LogP contribution in [0.2, 0.25) is 0 Å². The molecule has 2 aromatic carbocycles. The van der Waals surface area contributed by atoms with Gasteiger partial charge in [0.15, 0.2) is 11.6 Å². The summed E-state index contributed by atoms with van der Waals surface area (Å²) in [6, 6.07) is 5.20. The molecule has 2 aromatic rings. The molecule has 1 unspecified atom stereocenters. The van der Waals surface area contributed by atoms with Crippen LogP contribution in [0.4, 0.5) is 13.2 Å². The molecule has 1 N–H and O–H groups in total. The van der Waals surface area contributed by atoms with Gasteiger partial charge in [-0.2, -0.15) is 0 Å². The number of benzene rings is 2. The molecule has 0 aliphatic heterocycles. The molecule has 0 aliphatic rings. The van der Waals surface area contributed by atoms with E-state index in [1.807, 2.05) is 13.0 Å². The highest BCUT2D eigenvalue weighted by Crippen LogP contribution is 2.34. The van der Waals surface area contributed by atoms with Crippen molar-refractivity contribution in [3.05, 3.63) is 68.4 Å². The van der Waals surface area contributed by atoms with Gasteiger partial charge in [-0.05, 0) is 65.6 Å². The van der Waals surface area contributed by atoms with Gasteiger partial charge >= 0.3 is 0 Å². The van der Waals surface area contributed by atoms with Gasteiger partial charge in [-0.1, -0.05) is 12.1 Å². The van der Waals surface area contributed by atoms with Crippen LogP contribution in [0.25, 0.3) is 0 Å². The first-order chi connectivity index (χ1) is 9.86. The number of hydrogen-bond acceptors (Lipinski definition) is 1. The SMILES string of the molecule is CNC(c1ccc(F)c(F)c1Br)c1c(C)cc(C)cc1F. The molecule has 112 valence electrons. The van der Waals surface area contributed by atoms with E-state index in [2.05, 4.69) is 21.2 Å². The lowest BCUT2D eigenvalue weighted by Gasteiger charge is -2.22. The zero-order chi connectivity index (χ0) is 15.7. The van der Waals surface area contributed by atoms with Crippen LogP contribution in [0.15, 0.2) is 28.7 Å². The standard InChI is InChI=1S/C16H15BrF3N/c1-8-6-9(2)13(12(19)7-8)16(21-3)10-4-5-11(18)15(20)14(10)17/h4-7,16,21H,1-3H3. The summed E-state index contributed by atoms with van der Waals surface area (Å²) in [6.07, 6.45) is 0. The van der Waals surface area contributed by atoms with E-state index in [9.17, 15) is 13.2 Å². The second-order valence-corrected chi connectivity index (χ2v) is 5.76. The van der Waals surface area contributed by atoms with E-state index >= 15 is 0 Å². The number of rotatable bonds is 3. The first-order valence-electron chi connectivity index (χ1n) is 6.44. The maximum absolute atomic E-state index is 14.3. The highest BCUT2D eigenvalue weighted by molar-refractivity contribution is 9.10. The Morgan fingerprint density at radius 2 is 1.71 bits per heavy atom. The number of nitrogens with one attached hydrogen (secondary N) is 1. The van der Waals surface area contributed by atoms with Crippen LogP contribution in [0.1, 0.15) is 28.3 Å². The van der Waals surface area contributed by atoms with Gasteiger partial charge in [-0.15, -0.1) is 0 Å². The van der Waals surface area contributed by atoms with E-state index in [1.165, 1.54) is 12.1 Å². The molecular weight excluding hydrogens is 343 g/mol. The lowest BCUT2D eigenvalue weighted by atomic mass is 9.93. The average molecular weight is 358 g/mol. The minimum Gasteiger partial charge on any atom is -0.309 e. The van der Waals surface area contributed by atoms with Crippen LogP contribution >= 0.6 is 15.9 Å². The Bertz CT molecular complexity index is 662. The summed E-state index contributed by atoms with van der Waals surface area (Å²) >= 11 is 3.06. The Morgan fingerprint density at radius 1 is 1.05 bits per heavy atom. The van der Waals surface area contributed by atoms with Crippen molar-refractivity contribution in [2.24, 2.45) is 0 Å². The van der Waals surface area contributed by atoms with E-state index in [4.69, 9.17) is 0 Å². The molecule has 0 aromatic heterocycles. The highest BCUT2D eigenvalue weighted by atomic mass is 79.9. The van der Waals surface area contributed by atoms with Crippen LogP contribution in [0.5, 0.6) is 0 Å². The van der Waals surface area contributed by atoms with Crippen LogP contribution in [0, 0.1) is 31.3 Å². The summed E-state index contributed by atoms with van der Waals surface area (Å²) in [5.74, 6) is -2.29. The third-order valence-electron chi connectivity index (χ3n) is 3.43. The summed E-state index contributed by atoms with van der Waals surface area (Å²) in [7, 11) is 1.65. The molecule has 5 heteroatoms. The second-order valence-electron chi connectivity index (χ2n) is 4.96. The molecule has 2 rings (SSSR count). The zero-order valence-corrected chi connectivity index (χ0v) is 13.5. The van der Waals surface area contributed by atoms with Crippen molar-refractivity contribution in [2.45, 2.75) is 19.9 Å². The first kappa shape index (κ1) is 16.0. The molecule has 0 radical (unpaired) electrons. The molecule has 0 fully saturated rings. The highest BCUT2D eigenvalue weighted by Gasteiger charge is 2.23. The van der Waals surface area contributed by atoms with Gasteiger partial charge < -0.3 is 5.32 Å². The van der Waals surface area contributed by atoms with Gasteiger partial charge in [0, 0.05) is 5.56 Å². The Hall–Kier alpha value is -1.33. The minimum absolute atomic E-state index is 0.00113. The zero-order valence-electron chi connectivity index (χ0n) is 11.9. The first-order valence-corrected chi connectivity index (χ1v) is 7.23. The Morgan fingerprint density at radius 3 is 2.29 bits per heavy atom. The number of aryl methyl sites for hydroxylation is 2. The van der Waals surface area contributed by atoms with Crippen molar-refractivity contribution in [3.8, 4) is 0 Å². The molecule has 0 amide bonds. The summed E-state index contributed by atoms with van der Waals surface area (Å²) in [5.41, 5.74) is 2.44. The van der Waals surface area contributed by atoms with Gasteiger partial charge in [-0.3, -0.25) is 0 Å². The molecule has 21 heavy (non-hydrogen) atoms. The van der Waals surface area contributed by atoms with Crippen LogP contribution < -0.4 is 5.32 Å². The predicted octanol–water partition coefficient (Wildman–Crippen LogP) is 4.79. The van der Waals surface area contributed by atoms with Gasteiger partial charge in [-0.25, -0.2) is 13.2 Å². The van der Waals surface area contributed by atoms with E-state index in [1.54, 1.807) is 14.0 Å². The van der Waals surface area contributed by atoms with Crippen molar-refractivity contribution >= 4 is 15.9 Å². The molecular formula is C16H15BrF3N.